The van der Waals surface area contributed by atoms with E-state index < -0.39 is 0 Å². The van der Waals surface area contributed by atoms with Crippen LogP contribution in [0.1, 0.15) is 13.3 Å². The van der Waals surface area contributed by atoms with Crippen molar-refractivity contribution >= 4 is 0 Å². The van der Waals surface area contributed by atoms with Crippen LogP contribution < -0.4 is 0 Å². The van der Waals surface area contributed by atoms with Crippen LogP contribution in [-0.4, -0.2) is 6.61 Å². The molecule has 0 radical (unpaired) electrons. The summed E-state index contributed by atoms with van der Waals surface area (Å²) in [6.45, 7) is 2.70. The first-order chi connectivity index (χ1) is 5.93. The molecule has 1 aliphatic carbocycles. The van der Waals surface area contributed by atoms with Crippen LogP contribution in [0.15, 0.2) is 48.3 Å². The molecule has 0 heterocycles. The van der Waals surface area contributed by atoms with Gasteiger partial charge in [-0.1, -0.05) is 30.4 Å². The summed E-state index contributed by atoms with van der Waals surface area (Å²) in [5.41, 5.74) is 1.20. The van der Waals surface area contributed by atoms with Gasteiger partial charge in [-0.25, -0.2) is 0 Å². The van der Waals surface area contributed by atoms with Gasteiger partial charge in [0.15, 0.2) is 0 Å². The molecular formula is C11H14O. The zero-order valence-electron chi connectivity index (χ0n) is 7.36. The Morgan fingerprint density at radius 1 is 1.50 bits per heavy atom. The van der Waals surface area contributed by atoms with Crippen LogP contribution in [0.4, 0.5) is 0 Å². The van der Waals surface area contributed by atoms with Crippen molar-refractivity contribution in [2.75, 3.05) is 6.61 Å². The first kappa shape index (κ1) is 8.85. The highest BCUT2D eigenvalue weighted by atomic mass is 16.5. The Morgan fingerprint density at radius 2 is 2.42 bits per heavy atom. The van der Waals surface area contributed by atoms with Gasteiger partial charge in [0.2, 0.25) is 0 Å². The van der Waals surface area contributed by atoms with Crippen molar-refractivity contribution in [1.82, 2.24) is 0 Å². The Kier molecular flexibility index (Phi) is 4.00. The van der Waals surface area contributed by atoms with Gasteiger partial charge in [-0.3, -0.25) is 0 Å². The fraction of sp³-hybridized carbons (Fsp3) is 0.273. The van der Waals surface area contributed by atoms with Crippen molar-refractivity contribution in [2.24, 2.45) is 0 Å². The lowest BCUT2D eigenvalue weighted by atomic mass is 10.2. The molecule has 0 spiro atoms. The minimum Gasteiger partial charge on any atom is -0.501 e. The summed E-state index contributed by atoms with van der Waals surface area (Å²) in [5, 5.41) is 0. The summed E-state index contributed by atoms with van der Waals surface area (Å²) in [5.74, 6) is 0. The standard InChI is InChI=1S/C11H14O/c1-2-12-10-9-11-7-5-3-4-6-8-11/h3-5,7-10H,2,6H2,1H3/b10-9+. The third-order valence-corrected chi connectivity index (χ3v) is 1.55. The first-order valence-corrected chi connectivity index (χ1v) is 4.25. The van der Waals surface area contributed by atoms with Gasteiger partial charge in [-0.15, -0.1) is 0 Å². The molecule has 0 aromatic carbocycles. The number of ether oxygens (including phenoxy) is 1. The maximum Gasteiger partial charge on any atom is 0.0845 e. The summed E-state index contributed by atoms with van der Waals surface area (Å²) in [4.78, 5) is 0. The van der Waals surface area contributed by atoms with Crippen LogP contribution in [0.3, 0.4) is 0 Å². The predicted octanol–water partition coefficient (Wildman–Crippen LogP) is 2.98. The third-order valence-electron chi connectivity index (χ3n) is 1.55. The maximum atomic E-state index is 5.10. The van der Waals surface area contributed by atoms with E-state index in [1.165, 1.54) is 5.57 Å². The average molecular weight is 162 g/mol. The Hall–Kier alpha value is -1.24. The summed E-state index contributed by atoms with van der Waals surface area (Å²) >= 11 is 0. The molecule has 0 saturated heterocycles. The SMILES string of the molecule is CCO/C=C/C1=CCC=CC=C1. The number of hydrogen-bond donors (Lipinski definition) is 0. The molecule has 0 amide bonds. The van der Waals surface area contributed by atoms with Crippen LogP contribution in [-0.2, 0) is 4.74 Å². The molecule has 64 valence electrons. The lowest BCUT2D eigenvalue weighted by molar-refractivity contribution is 0.269. The molecule has 0 saturated carbocycles. The predicted molar refractivity (Wildman–Crippen MR) is 51.7 cm³/mol. The highest BCUT2D eigenvalue weighted by Crippen LogP contribution is 2.06. The minimum absolute atomic E-state index is 0.728. The van der Waals surface area contributed by atoms with E-state index in [1.54, 1.807) is 6.26 Å². The molecule has 12 heavy (non-hydrogen) atoms. The molecule has 1 aliphatic rings. The van der Waals surface area contributed by atoms with Gasteiger partial charge in [0, 0.05) is 0 Å². The smallest absolute Gasteiger partial charge is 0.0845 e. The van der Waals surface area contributed by atoms with Crippen molar-refractivity contribution in [1.29, 1.82) is 0 Å². The van der Waals surface area contributed by atoms with E-state index in [9.17, 15) is 0 Å². The second kappa shape index (κ2) is 5.42. The zero-order valence-corrected chi connectivity index (χ0v) is 7.36. The fourth-order valence-electron chi connectivity index (χ4n) is 0.942. The van der Waals surface area contributed by atoms with Crippen molar-refractivity contribution in [3.63, 3.8) is 0 Å². The van der Waals surface area contributed by atoms with E-state index in [4.69, 9.17) is 4.74 Å². The second-order valence-corrected chi connectivity index (χ2v) is 2.49. The Morgan fingerprint density at radius 3 is 3.25 bits per heavy atom. The molecule has 1 heteroatoms. The van der Waals surface area contributed by atoms with Gasteiger partial charge in [0.05, 0.1) is 12.9 Å². The van der Waals surface area contributed by atoms with Gasteiger partial charge < -0.3 is 4.74 Å². The van der Waals surface area contributed by atoms with Crippen LogP contribution in [0.2, 0.25) is 0 Å². The topological polar surface area (TPSA) is 9.23 Å². The van der Waals surface area contributed by atoms with Crippen LogP contribution in [0.5, 0.6) is 0 Å². The van der Waals surface area contributed by atoms with Crippen LogP contribution >= 0.6 is 0 Å². The number of rotatable bonds is 3. The van der Waals surface area contributed by atoms with Crippen LogP contribution in [0, 0.1) is 0 Å². The van der Waals surface area contributed by atoms with Crippen molar-refractivity contribution < 1.29 is 4.74 Å². The summed E-state index contributed by atoms with van der Waals surface area (Å²) < 4.78 is 5.10. The number of allylic oxidation sites excluding steroid dienone is 7. The third kappa shape index (κ3) is 3.24. The molecule has 0 fully saturated rings. The van der Waals surface area contributed by atoms with Crippen molar-refractivity contribution in [3.8, 4) is 0 Å². The molecule has 0 aliphatic heterocycles. The van der Waals surface area contributed by atoms with E-state index in [0.29, 0.717) is 0 Å². The van der Waals surface area contributed by atoms with Crippen molar-refractivity contribution in [3.05, 3.63) is 48.3 Å². The summed E-state index contributed by atoms with van der Waals surface area (Å²) in [7, 11) is 0. The Bertz CT molecular complexity index is 231. The summed E-state index contributed by atoms with van der Waals surface area (Å²) in [6, 6.07) is 0. The molecule has 0 N–H and O–H groups in total. The van der Waals surface area contributed by atoms with Crippen molar-refractivity contribution in [2.45, 2.75) is 13.3 Å². The monoisotopic (exact) mass is 162 g/mol. The average Bonchev–Trinajstić information content (AvgIpc) is 2.33. The van der Waals surface area contributed by atoms with Gasteiger partial charge in [-0.05, 0) is 25.0 Å². The molecule has 0 unspecified atom stereocenters. The molecular weight excluding hydrogens is 148 g/mol. The number of hydrogen-bond acceptors (Lipinski definition) is 1. The quantitative estimate of drug-likeness (QED) is 0.580. The van der Waals surface area contributed by atoms with Crippen LogP contribution in [0.25, 0.3) is 0 Å². The largest absolute Gasteiger partial charge is 0.501 e. The fourth-order valence-corrected chi connectivity index (χ4v) is 0.942. The molecule has 1 rings (SSSR count). The minimum atomic E-state index is 0.728. The van der Waals surface area contributed by atoms with Gasteiger partial charge in [0.1, 0.15) is 0 Å². The van der Waals surface area contributed by atoms with E-state index in [0.717, 1.165) is 13.0 Å². The Balaban J connectivity index is 2.46. The van der Waals surface area contributed by atoms with E-state index >= 15 is 0 Å². The Labute approximate surface area is 73.7 Å². The van der Waals surface area contributed by atoms with Gasteiger partial charge in [0.25, 0.3) is 0 Å². The van der Waals surface area contributed by atoms with Gasteiger partial charge in [-0.2, -0.15) is 0 Å². The normalized spacial score (nSPS) is 16.2. The summed E-state index contributed by atoms with van der Waals surface area (Å²) in [6.07, 6.45) is 15.2. The highest BCUT2D eigenvalue weighted by Gasteiger charge is 1.86. The molecule has 0 atom stereocenters. The molecule has 0 aromatic rings. The second-order valence-electron chi connectivity index (χ2n) is 2.49. The molecule has 0 aromatic heterocycles. The molecule has 1 nitrogen and oxygen atoms in total. The lowest BCUT2D eigenvalue weighted by Crippen LogP contribution is -1.77. The van der Waals surface area contributed by atoms with E-state index in [1.807, 2.05) is 19.1 Å². The first-order valence-electron chi connectivity index (χ1n) is 4.25. The highest BCUT2D eigenvalue weighted by molar-refractivity contribution is 5.34. The van der Waals surface area contributed by atoms with E-state index in [-0.39, 0.29) is 0 Å². The lowest BCUT2D eigenvalue weighted by Gasteiger charge is -1.93. The van der Waals surface area contributed by atoms with E-state index in [2.05, 4.69) is 24.3 Å². The maximum absolute atomic E-state index is 5.10. The molecule has 0 bridgehead atoms. The van der Waals surface area contributed by atoms with Gasteiger partial charge >= 0.3 is 0 Å². The zero-order chi connectivity index (χ0) is 8.65.